The van der Waals surface area contributed by atoms with Crippen LogP contribution in [0.2, 0.25) is 0 Å². The van der Waals surface area contributed by atoms with Crippen LogP contribution in [0.3, 0.4) is 0 Å². The number of hydrogen-bond donors (Lipinski definition) is 0. The van der Waals surface area contributed by atoms with E-state index in [1.54, 1.807) is 18.2 Å². The number of hydrogen-bond acceptors (Lipinski definition) is 4. The fourth-order valence-corrected chi connectivity index (χ4v) is 3.58. The van der Waals surface area contributed by atoms with Crippen molar-refractivity contribution in [2.75, 3.05) is 0 Å². The molecule has 1 aromatic carbocycles. The molecule has 0 aliphatic carbocycles. The van der Waals surface area contributed by atoms with Crippen LogP contribution in [-0.2, 0) is 11.3 Å². The zero-order valence-electron chi connectivity index (χ0n) is 17.9. The zero-order chi connectivity index (χ0) is 20.9. The van der Waals surface area contributed by atoms with Gasteiger partial charge in [-0.25, -0.2) is 4.79 Å². The largest absolute Gasteiger partial charge is 0.444 e. The van der Waals surface area contributed by atoms with Gasteiger partial charge in [0.1, 0.15) is 6.61 Å². The van der Waals surface area contributed by atoms with Crippen molar-refractivity contribution in [2.45, 2.75) is 97.8 Å². The second-order valence-electron chi connectivity index (χ2n) is 7.26. The second kappa shape index (κ2) is 13.1. The maximum Gasteiger partial charge on any atom is 0.410 e. The molecule has 0 heterocycles. The Balaban J connectivity index is 2.98. The molecule has 1 amide bonds. The molecule has 0 spiro atoms. The third-order valence-electron chi connectivity index (χ3n) is 5.26. The minimum absolute atomic E-state index is 0.0158. The van der Waals surface area contributed by atoms with Gasteiger partial charge in [0, 0.05) is 18.2 Å². The van der Waals surface area contributed by atoms with Crippen LogP contribution in [0.15, 0.2) is 24.3 Å². The lowest BCUT2D eigenvalue weighted by molar-refractivity contribution is -0.385. The van der Waals surface area contributed by atoms with Crippen molar-refractivity contribution in [3.05, 3.63) is 39.9 Å². The van der Waals surface area contributed by atoms with Crippen LogP contribution in [-0.4, -0.2) is 28.0 Å². The summed E-state index contributed by atoms with van der Waals surface area (Å²) in [4.78, 5) is 25.7. The number of benzene rings is 1. The SMILES string of the molecule is CCCCC(CC)N(C(=O)OCc1ccccc1[N+](=O)[O-])C(CC)CCCC. The molecular weight excluding hydrogens is 356 g/mol. The Labute approximate surface area is 169 Å². The molecule has 6 heteroatoms. The summed E-state index contributed by atoms with van der Waals surface area (Å²) in [5.74, 6) is 0. The standard InChI is InChI=1S/C22H36N2O4/c1-5-9-14-19(7-3)23(20(8-4)15-10-6-2)22(25)28-17-18-13-11-12-16-21(18)24(26)27/h11-13,16,19-20H,5-10,14-15,17H2,1-4H3. The van der Waals surface area contributed by atoms with E-state index >= 15 is 0 Å². The van der Waals surface area contributed by atoms with Gasteiger partial charge in [0.15, 0.2) is 0 Å². The van der Waals surface area contributed by atoms with Crippen molar-refractivity contribution >= 4 is 11.8 Å². The van der Waals surface area contributed by atoms with Gasteiger partial charge in [-0.3, -0.25) is 10.1 Å². The van der Waals surface area contributed by atoms with E-state index in [0.29, 0.717) is 5.56 Å². The molecule has 0 aliphatic rings. The maximum absolute atomic E-state index is 13.1. The zero-order valence-corrected chi connectivity index (χ0v) is 17.9. The number of carbonyl (C=O) groups excluding carboxylic acids is 1. The summed E-state index contributed by atoms with van der Waals surface area (Å²) in [5, 5.41) is 11.2. The van der Waals surface area contributed by atoms with Gasteiger partial charge in [0.2, 0.25) is 0 Å². The smallest absolute Gasteiger partial charge is 0.410 e. The number of nitrogens with zero attached hydrogens (tertiary/aromatic N) is 2. The fourth-order valence-electron chi connectivity index (χ4n) is 3.58. The minimum atomic E-state index is -0.437. The van der Waals surface area contributed by atoms with Gasteiger partial charge >= 0.3 is 6.09 Å². The summed E-state index contributed by atoms with van der Waals surface area (Å²) in [6.07, 6.45) is 7.61. The summed E-state index contributed by atoms with van der Waals surface area (Å²) in [5.41, 5.74) is 0.405. The van der Waals surface area contributed by atoms with Crippen molar-refractivity contribution in [3.63, 3.8) is 0 Å². The molecular formula is C22H36N2O4. The molecule has 6 nitrogen and oxygen atoms in total. The lowest BCUT2D eigenvalue weighted by atomic mass is 9.99. The molecule has 0 aliphatic heterocycles. The van der Waals surface area contributed by atoms with Crippen molar-refractivity contribution in [1.29, 1.82) is 0 Å². The Morgan fingerprint density at radius 1 is 1.04 bits per heavy atom. The Kier molecular flexibility index (Phi) is 11.2. The van der Waals surface area contributed by atoms with Gasteiger partial charge in [0.25, 0.3) is 5.69 Å². The van der Waals surface area contributed by atoms with Crippen molar-refractivity contribution in [1.82, 2.24) is 4.90 Å². The van der Waals surface area contributed by atoms with E-state index in [4.69, 9.17) is 4.74 Å². The fraction of sp³-hybridized carbons (Fsp3) is 0.682. The highest BCUT2D eigenvalue weighted by molar-refractivity contribution is 5.68. The first-order valence-electron chi connectivity index (χ1n) is 10.7. The highest BCUT2D eigenvalue weighted by Gasteiger charge is 2.30. The van der Waals surface area contributed by atoms with Gasteiger partial charge in [0.05, 0.1) is 10.5 Å². The monoisotopic (exact) mass is 392 g/mol. The average molecular weight is 393 g/mol. The number of ether oxygens (including phenoxy) is 1. The molecule has 28 heavy (non-hydrogen) atoms. The van der Waals surface area contributed by atoms with E-state index in [0.717, 1.165) is 51.4 Å². The number of rotatable bonds is 13. The predicted octanol–water partition coefficient (Wildman–Crippen LogP) is 6.47. The molecule has 0 bridgehead atoms. The van der Waals surface area contributed by atoms with Crippen LogP contribution >= 0.6 is 0 Å². The number of nitro benzene ring substituents is 1. The average Bonchev–Trinajstić information content (AvgIpc) is 2.71. The lowest BCUT2D eigenvalue weighted by Gasteiger charge is -2.37. The Bertz CT molecular complexity index is 590. The molecule has 1 rings (SSSR count). The van der Waals surface area contributed by atoms with E-state index in [-0.39, 0.29) is 30.5 Å². The number of nitro groups is 1. The van der Waals surface area contributed by atoms with Crippen LogP contribution in [0, 0.1) is 10.1 Å². The van der Waals surface area contributed by atoms with E-state index in [1.807, 2.05) is 4.90 Å². The van der Waals surface area contributed by atoms with Crippen molar-refractivity contribution < 1.29 is 14.5 Å². The van der Waals surface area contributed by atoms with E-state index in [9.17, 15) is 14.9 Å². The molecule has 0 saturated carbocycles. The van der Waals surface area contributed by atoms with Gasteiger partial charge in [-0.1, -0.05) is 65.5 Å². The molecule has 0 saturated heterocycles. The number of amides is 1. The van der Waals surface area contributed by atoms with E-state index < -0.39 is 4.92 Å². The molecule has 0 aromatic heterocycles. The third-order valence-corrected chi connectivity index (χ3v) is 5.26. The molecule has 0 fully saturated rings. The van der Waals surface area contributed by atoms with Gasteiger partial charge in [-0.2, -0.15) is 0 Å². The lowest BCUT2D eigenvalue weighted by Crippen LogP contribution is -2.47. The Morgan fingerprint density at radius 2 is 1.57 bits per heavy atom. The van der Waals surface area contributed by atoms with Crippen LogP contribution in [0.1, 0.15) is 84.6 Å². The van der Waals surface area contributed by atoms with Crippen LogP contribution in [0.25, 0.3) is 0 Å². The van der Waals surface area contributed by atoms with Gasteiger partial charge < -0.3 is 9.64 Å². The van der Waals surface area contributed by atoms with Gasteiger partial charge in [-0.05, 0) is 31.7 Å². The quantitative estimate of drug-likeness (QED) is 0.285. The van der Waals surface area contributed by atoms with Crippen LogP contribution in [0.4, 0.5) is 10.5 Å². The number of carbonyl (C=O) groups is 1. The summed E-state index contributed by atoms with van der Waals surface area (Å²) >= 11 is 0. The first kappa shape index (κ1) is 23.9. The summed E-state index contributed by atoms with van der Waals surface area (Å²) in [7, 11) is 0. The molecule has 2 atom stereocenters. The van der Waals surface area contributed by atoms with Crippen molar-refractivity contribution in [3.8, 4) is 0 Å². The van der Waals surface area contributed by atoms with Gasteiger partial charge in [-0.15, -0.1) is 0 Å². The summed E-state index contributed by atoms with van der Waals surface area (Å²) < 4.78 is 5.59. The molecule has 1 aromatic rings. The Hall–Kier alpha value is -2.11. The second-order valence-corrected chi connectivity index (χ2v) is 7.26. The normalized spacial score (nSPS) is 13.0. The Morgan fingerprint density at radius 3 is 2.04 bits per heavy atom. The minimum Gasteiger partial charge on any atom is -0.444 e. The molecule has 0 N–H and O–H groups in total. The third kappa shape index (κ3) is 7.13. The summed E-state index contributed by atoms with van der Waals surface area (Å²) in [6, 6.07) is 6.69. The summed E-state index contributed by atoms with van der Waals surface area (Å²) in [6.45, 7) is 8.43. The molecule has 158 valence electrons. The van der Waals surface area contributed by atoms with E-state index in [1.165, 1.54) is 6.07 Å². The highest BCUT2D eigenvalue weighted by atomic mass is 16.6. The first-order chi connectivity index (χ1) is 13.5. The van der Waals surface area contributed by atoms with E-state index in [2.05, 4.69) is 27.7 Å². The number of para-hydroxylation sites is 1. The maximum atomic E-state index is 13.1. The predicted molar refractivity (Wildman–Crippen MR) is 112 cm³/mol. The first-order valence-corrected chi connectivity index (χ1v) is 10.7. The highest BCUT2D eigenvalue weighted by Crippen LogP contribution is 2.24. The topological polar surface area (TPSA) is 72.7 Å². The van der Waals surface area contributed by atoms with Crippen molar-refractivity contribution in [2.24, 2.45) is 0 Å². The molecule has 2 unspecified atom stereocenters. The van der Waals surface area contributed by atoms with Crippen LogP contribution < -0.4 is 0 Å². The molecule has 0 radical (unpaired) electrons. The number of unbranched alkanes of at least 4 members (excludes halogenated alkanes) is 2. The van der Waals surface area contributed by atoms with Crippen LogP contribution in [0.5, 0.6) is 0 Å².